The molecule has 5 heteroatoms. The highest BCUT2D eigenvalue weighted by Gasteiger charge is 2.17. The predicted molar refractivity (Wildman–Crippen MR) is 80.1 cm³/mol. The largest absolute Gasteiger partial charge is 0.324 e. The first-order valence-electron chi connectivity index (χ1n) is 5.52. The summed E-state index contributed by atoms with van der Waals surface area (Å²) in [4.78, 5) is 12.0. The van der Waals surface area contributed by atoms with Crippen molar-refractivity contribution in [1.29, 1.82) is 0 Å². The van der Waals surface area contributed by atoms with Gasteiger partial charge in [-0.2, -0.15) is 0 Å². The molecule has 1 atom stereocenters. The molecular formula is C14H10Cl3NO. The Morgan fingerprint density at radius 3 is 2.16 bits per heavy atom. The topological polar surface area (TPSA) is 29.1 Å². The van der Waals surface area contributed by atoms with Crippen LogP contribution in [0, 0.1) is 0 Å². The van der Waals surface area contributed by atoms with Crippen LogP contribution >= 0.6 is 34.8 Å². The zero-order valence-electron chi connectivity index (χ0n) is 9.74. The number of alkyl halides is 1. The van der Waals surface area contributed by atoms with Gasteiger partial charge in [-0.15, -0.1) is 11.6 Å². The van der Waals surface area contributed by atoms with Gasteiger partial charge in [-0.25, -0.2) is 0 Å². The van der Waals surface area contributed by atoms with E-state index < -0.39 is 5.38 Å². The van der Waals surface area contributed by atoms with Crippen LogP contribution < -0.4 is 5.32 Å². The Bertz CT molecular complexity index is 566. The Kier molecular flexibility index (Phi) is 4.70. The van der Waals surface area contributed by atoms with E-state index in [0.29, 0.717) is 15.7 Å². The van der Waals surface area contributed by atoms with Crippen molar-refractivity contribution in [3.05, 3.63) is 64.1 Å². The Hall–Kier alpha value is -1.22. The molecule has 2 nitrogen and oxygen atoms in total. The van der Waals surface area contributed by atoms with Crippen molar-refractivity contribution in [3.8, 4) is 0 Å². The number of benzene rings is 2. The summed E-state index contributed by atoms with van der Waals surface area (Å²) >= 11 is 17.8. The minimum absolute atomic E-state index is 0.328. The second kappa shape index (κ2) is 6.29. The third kappa shape index (κ3) is 3.87. The molecule has 1 N–H and O–H groups in total. The van der Waals surface area contributed by atoms with Gasteiger partial charge in [-0.1, -0.05) is 53.5 Å². The molecule has 2 aromatic carbocycles. The molecule has 0 bridgehead atoms. The molecule has 0 heterocycles. The van der Waals surface area contributed by atoms with Crippen LogP contribution in [0.4, 0.5) is 5.69 Å². The van der Waals surface area contributed by atoms with Gasteiger partial charge in [0.1, 0.15) is 5.38 Å². The summed E-state index contributed by atoms with van der Waals surface area (Å²) in [5.41, 5.74) is 1.25. The summed E-state index contributed by atoms with van der Waals surface area (Å²) < 4.78 is 0. The molecule has 19 heavy (non-hydrogen) atoms. The predicted octanol–water partition coefficient (Wildman–Crippen LogP) is 4.91. The van der Waals surface area contributed by atoms with Gasteiger partial charge >= 0.3 is 0 Å². The highest BCUT2D eigenvalue weighted by atomic mass is 35.5. The van der Waals surface area contributed by atoms with E-state index in [1.807, 2.05) is 18.2 Å². The molecule has 0 aliphatic rings. The quantitative estimate of drug-likeness (QED) is 0.801. The number of carbonyl (C=O) groups is 1. The lowest BCUT2D eigenvalue weighted by molar-refractivity contribution is -0.116. The average molecular weight is 315 g/mol. The summed E-state index contributed by atoms with van der Waals surface area (Å²) in [6.45, 7) is 0. The van der Waals surface area contributed by atoms with E-state index in [9.17, 15) is 4.79 Å². The van der Waals surface area contributed by atoms with Crippen molar-refractivity contribution in [1.82, 2.24) is 0 Å². The van der Waals surface area contributed by atoms with Gasteiger partial charge in [-0.3, -0.25) is 4.79 Å². The molecule has 0 fully saturated rings. The van der Waals surface area contributed by atoms with Gasteiger partial charge in [0.2, 0.25) is 5.91 Å². The molecule has 0 saturated carbocycles. The summed E-state index contributed by atoms with van der Waals surface area (Å²) in [6, 6.07) is 13.9. The third-order valence-electron chi connectivity index (χ3n) is 2.45. The molecule has 2 aromatic rings. The number of anilines is 1. The SMILES string of the molecule is O=C(Nc1cc(Cl)cc(Cl)c1)[C@H](Cl)c1ccccc1. The smallest absolute Gasteiger partial charge is 0.246 e. The maximum Gasteiger partial charge on any atom is 0.246 e. The number of amides is 1. The zero-order valence-corrected chi connectivity index (χ0v) is 12.0. The average Bonchev–Trinajstić information content (AvgIpc) is 2.37. The number of halogens is 3. The first-order chi connectivity index (χ1) is 9.06. The van der Waals surface area contributed by atoms with Gasteiger partial charge in [0, 0.05) is 15.7 Å². The minimum atomic E-state index is -0.765. The lowest BCUT2D eigenvalue weighted by atomic mass is 10.1. The fourth-order valence-electron chi connectivity index (χ4n) is 1.61. The summed E-state index contributed by atoms with van der Waals surface area (Å²) in [5, 5.41) is 2.82. The number of rotatable bonds is 3. The molecule has 0 radical (unpaired) electrons. The van der Waals surface area contributed by atoms with Crippen molar-refractivity contribution in [3.63, 3.8) is 0 Å². The lowest BCUT2D eigenvalue weighted by Gasteiger charge is -2.11. The minimum Gasteiger partial charge on any atom is -0.324 e. The van der Waals surface area contributed by atoms with E-state index in [0.717, 1.165) is 5.56 Å². The van der Waals surface area contributed by atoms with Gasteiger partial charge < -0.3 is 5.32 Å². The fourth-order valence-corrected chi connectivity index (χ4v) is 2.33. The standard InChI is InChI=1S/C14H10Cl3NO/c15-10-6-11(16)8-12(7-10)18-14(19)13(17)9-4-2-1-3-5-9/h1-8,13H,(H,18,19)/t13-/m1/s1. The van der Waals surface area contributed by atoms with Crippen LogP contribution in [-0.2, 0) is 4.79 Å². The number of hydrogen-bond donors (Lipinski definition) is 1. The summed E-state index contributed by atoms with van der Waals surface area (Å²) in [5.74, 6) is -0.328. The van der Waals surface area contributed by atoms with Crippen molar-refractivity contribution >= 4 is 46.4 Å². The maximum absolute atomic E-state index is 12.0. The molecule has 0 aliphatic heterocycles. The van der Waals surface area contributed by atoms with Crippen LogP contribution in [0.5, 0.6) is 0 Å². The molecule has 0 aromatic heterocycles. The Labute approximate surface area is 126 Å². The van der Waals surface area contributed by atoms with Crippen molar-refractivity contribution < 1.29 is 4.79 Å². The van der Waals surface area contributed by atoms with Crippen LogP contribution in [-0.4, -0.2) is 5.91 Å². The van der Waals surface area contributed by atoms with E-state index in [1.165, 1.54) is 0 Å². The van der Waals surface area contributed by atoms with Crippen LogP contribution in [0.3, 0.4) is 0 Å². The third-order valence-corrected chi connectivity index (χ3v) is 3.34. The van der Waals surface area contributed by atoms with Crippen LogP contribution in [0.15, 0.2) is 48.5 Å². The number of carbonyl (C=O) groups excluding carboxylic acids is 1. The number of hydrogen-bond acceptors (Lipinski definition) is 1. The fraction of sp³-hybridized carbons (Fsp3) is 0.0714. The van der Waals surface area contributed by atoms with Crippen LogP contribution in [0.2, 0.25) is 10.0 Å². The highest BCUT2D eigenvalue weighted by molar-refractivity contribution is 6.35. The monoisotopic (exact) mass is 313 g/mol. The zero-order chi connectivity index (χ0) is 13.8. The molecule has 98 valence electrons. The second-order valence-corrected chi connectivity index (χ2v) is 5.23. The van der Waals surface area contributed by atoms with E-state index in [-0.39, 0.29) is 5.91 Å². The molecule has 0 spiro atoms. The maximum atomic E-state index is 12.0. The van der Waals surface area contributed by atoms with Gasteiger partial charge in [0.25, 0.3) is 0 Å². The normalized spacial score (nSPS) is 11.9. The van der Waals surface area contributed by atoms with Gasteiger partial charge in [-0.05, 0) is 23.8 Å². The van der Waals surface area contributed by atoms with E-state index >= 15 is 0 Å². The van der Waals surface area contributed by atoms with E-state index in [2.05, 4.69) is 5.32 Å². The molecule has 0 aliphatic carbocycles. The molecule has 0 unspecified atom stereocenters. The van der Waals surface area contributed by atoms with Crippen molar-refractivity contribution in [2.75, 3.05) is 5.32 Å². The molecular weight excluding hydrogens is 305 g/mol. The summed E-state index contributed by atoms with van der Waals surface area (Å²) in [6.07, 6.45) is 0. The Morgan fingerprint density at radius 2 is 1.58 bits per heavy atom. The number of nitrogens with one attached hydrogen (secondary N) is 1. The van der Waals surface area contributed by atoms with Crippen molar-refractivity contribution in [2.24, 2.45) is 0 Å². The van der Waals surface area contributed by atoms with Gasteiger partial charge in [0.05, 0.1) is 0 Å². The van der Waals surface area contributed by atoms with Gasteiger partial charge in [0.15, 0.2) is 0 Å². The molecule has 1 amide bonds. The first-order valence-corrected chi connectivity index (χ1v) is 6.71. The summed E-state index contributed by atoms with van der Waals surface area (Å²) in [7, 11) is 0. The van der Waals surface area contributed by atoms with Crippen molar-refractivity contribution in [2.45, 2.75) is 5.38 Å². The lowest BCUT2D eigenvalue weighted by Crippen LogP contribution is -2.17. The first kappa shape index (κ1) is 14.2. The Balaban J connectivity index is 2.13. The van der Waals surface area contributed by atoms with Crippen LogP contribution in [0.1, 0.15) is 10.9 Å². The Morgan fingerprint density at radius 1 is 1.00 bits per heavy atom. The second-order valence-electron chi connectivity index (χ2n) is 3.92. The van der Waals surface area contributed by atoms with Crippen LogP contribution in [0.25, 0.3) is 0 Å². The van der Waals surface area contributed by atoms with E-state index in [4.69, 9.17) is 34.8 Å². The molecule has 0 saturated heterocycles. The molecule has 2 rings (SSSR count). The van der Waals surface area contributed by atoms with E-state index in [1.54, 1.807) is 30.3 Å². The highest BCUT2D eigenvalue weighted by Crippen LogP contribution is 2.25.